The van der Waals surface area contributed by atoms with Gasteiger partial charge in [-0.25, -0.2) is 0 Å². The molecule has 0 heterocycles. The van der Waals surface area contributed by atoms with Crippen LogP contribution in [0.15, 0.2) is 53.6 Å². The average molecular weight is 209 g/mol. The van der Waals surface area contributed by atoms with Crippen LogP contribution in [0.5, 0.6) is 0 Å². The summed E-state index contributed by atoms with van der Waals surface area (Å²) in [5.74, 6) is 0. The number of hydrogen-bond donors (Lipinski definition) is 0. The van der Waals surface area contributed by atoms with E-state index in [0.29, 0.717) is 5.69 Å². The van der Waals surface area contributed by atoms with Gasteiger partial charge in [-0.3, -0.25) is 0 Å². The molecule has 0 bridgehead atoms. The van der Waals surface area contributed by atoms with Gasteiger partial charge in [-0.1, -0.05) is 47.6 Å². The summed E-state index contributed by atoms with van der Waals surface area (Å²) in [6, 6.07) is 15.8. The zero-order chi connectivity index (χ0) is 11.4. The van der Waals surface area contributed by atoms with Crippen molar-refractivity contribution in [1.29, 1.82) is 0 Å². The molecule has 0 amide bonds. The van der Waals surface area contributed by atoms with Gasteiger partial charge in [0.25, 0.3) is 0 Å². The number of rotatable bonds is 2. The maximum absolute atomic E-state index is 8.36. The Bertz CT molecular complexity index is 540. The molecule has 2 aromatic carbocycles. The normalized spacial score (nSPS) is 9.56. The molecule has 3 nitrogen and oxygen atoms in total. The van der Waals surface area contributed by atoms with Gasteiger partial charge in [0, 0.05) is 10.6 Å². The van der Waals surface area contributed by atoms with Gasteiger partial charge >= 0.3 is 0 Å². The van der Waals surface area contributed by atoms with Crippen LogP contribution in [0.3, 0.4) is 0 Å². The van der Waals surface area contributed by atoms with Gasteiger partial charge < -0.3 is 0 Å². The van der Waals surface area contributed by atoms with Crippen LogP contribution < -0.4 is 0 Å². The van der Waals surface area contributed by atoms with Gasteiger partial charge in [0.1, 0.15) is 0 Å². The first-order valence-electron chi connectivity index (χ1n) is 5.02. The highest BCUT2D eigenvalue weighted by atomic mass is 15.1. The SMILES string of the molecule is Cc1cc(N=[N+]=[N-])ccc1-c1ccccc1. The predicted molar refractivity (Wildman–Crippen MR) is 65.4 cm³/mol. The first kappa shape index (κ1) is 10.3. The minimum absolute atomic E-state index is 0.652. The minimum atomic E-state index is 0.652. The molecule has 3 heteroatoms. The molecule has 0 fully saturated rings. The highest BCUT2D eigenvalue weighted by Crippen LogP contribution is 2.26. The average Bonchev–Trinajstić information content (AvgIpc) is 2.31. The third-order valence-electron chi connectivity index (χ3n) is 2.45. The molecule has 0 aliphatic rings. The van der Waals surface area contributed by atoms with E-state index in [1.807, 2.05) is 43.3 Å². The van der Waals surface area contributed by atoms with E-state index in [-0.39, 0.29) is 0 Å². The summed E-state index contributed by atoms with van der Waals surface area (Å²) in [6.45, 7) is 2.01. The number of benzene rings is 2. The third kappa shape index (κ3) is 2.05. The molecule has 0 spiro atoms. The summed E-state index contributed by atoms with van der Waals surface area (Å²) >= 11 is 0. The second-order valence-electron chi connectivity index (χ2n) is 3.55. The van der Waals surface area contributed by atoms with Crippen molar-refractivity contribution >= 4 is 5.69 Å². The van der Waals surface area contributed by atoms with Crippen LogP contribution in [0.4, 0.5) is 5.69 Å². The number of aryl methyl sites for hydroxylation is 1. The third-order valence-corrected chi connectivity index (χ3v) is 2.45. The largest absolute Gasteiger partial charge is 0.0622 e. The molecule has 0 aromatic heterocycles. The van der Waals surface area contributed by atoms with Crippen molar-refractivity contribution < 1.29 is 0 Å². The zero-order valence-corrected chi connectivity index (χ0v) is 8.96. The van der Waals surface area contributed by atoms with Crippen LogP contribution >= 0.6 is 0 Å². The van der Waals surface area contributed by atoms with Crippen molar-refractivity contribution in [1.82, 2.24) is 0 Å². The molecular formula is C13H11N3. The van der Waals surface area contributed by atoms with E-state index >= 15 is 0 Å². The maximum Gasteiger partial charge on any atom is 0.0378 e. The standard InChI is InChI=1S/C13H11N3/c1-10-9-12(15-16-14)7-8-13(10)11-5-3-2-4-6-11/h2-9H,1H3. The summed E-state index contributed by atoms with van der Waals surface area (Å²) < 4.78 is 0. The van der Waals surface area contributed by atoms with Crippen molar-refractivity contribution in [2.45, 2.75) is 6.92 Å². The second kappa shape index (κ2) is 4.51. The number of azide groups is 1. The predicted octanol–water partition coefficient (Wildman–Crippen LogP) is 4.60. The van der Waals surface area contributed by atoms with Crippen LogP contribution in [0.2, 0.25) is 0 Å². The monoisotopic (exact) mass is 209 g/mol. The highest BCUT2D eigenvalue weighted by molar-refractivity contribution is 5.69. The fraction of sp³-hybridized carbons (Fsp3) is 0.0769. The van der Waals surface area contributed by atoms with E-state index in [9.17, 15) is 0 Å². The van der Waals surface area contributed by atoms with E-state index in [0.717, 1.165) is 11.1 Å². The fourth-order valence-electron chi connectivity index (χ4n) is 1.70. The maximum atomic E-state index is 8.36. The van der Waals surface area contributed by atoms with E-state index in [4.69, 9.17) is 5.53 Å². The zero-order valence-electron chi connectivity index (χ0n) is 8.96. The summed E-state index contributed by atoms with van der Waals surface area (Å²) in [6.07, 6.45) is 0. The molecule has 0 saturated carbocycles. The molecule has 0 unspecified atom stereocenters. The molecule has 0 atom stereocenters. The Kier molecular flexibility index (Phi) is 2.90. The van der Waals surface area contributed by atoms with Crippen LogP contribution in [0.1, 0.15) is 5.56 Å². The van der Waals surface area contributed by atoms with Gasteiger partial charge in [-0.2, -0.15) is 0 Å². The smallest absolute Gasteiger partial charge is 0.0378 e. The Morgan fingerprint density at radius 2 is 1.81 bits per heavy atom. The Balaban J connectivity index is 2.48. The van der Waals surface area contributed by atoms with Crippen molar-refractivity contribution in [2.24, 2.45) is 5.11 Å². The van der Waals surface area contributed by atoms with Crippen LogP contribution in [-0.2, 0) is 0 Å². The van der Waals surface area contributed by atoms with Gasteiger partial charge in [0.15, 0.2) is 0 Å². The van der Waals surface area contributed by atoms with Crippen molar-refractivity contribution in [2.75, 3.05) is 0 Å². The lowest BCUT2D eigenvalue weighted by Gasteiger charge is -2.06. The highest BCUT2D eigenvalue weighted by Gasteiger charge is 2.01. The Hall–Kier alpha value is -2.25. The van der Waals surface area contributed by atoms with Crippen LogP contribution in [0.25, 0.3) is 21.6 Å². The van der Waals surface area contributed by atoms with Gasteiger partial charge in [-0.15, -0.1) is 0 Å². The summed E-state index contributed by atoms with van der Waals surface area (Å²) in [4.78, 5) is 2.77. The first-order chi connectivity index (χ1) is 7.81. The van der Waals surface area contributed by atoms with E-state index in [1.165, 1.54) is 5.56 Å². The van der Waals surface area contributed by atoms with E-state index in [2.05, 4.69) is 22.2 Å². The lowest BCUT2D eigenvalue weighted by molar-refractivity contribution is 1.40. The Morgan fingerprint density at radius 3 is 2.44 bits per heavy atom. The molecular weight excluding hydrogens is 198 g/mol. The van der Waals surface area contributed by atoms with Gasteiger partial charge in [-0.05, 0) is 35.2 Å². The second-order valence-corrected chi connectivity index (χ2v) is 3.55. The molecule has 0 aliphatic heterocycles. The molecule has 2 rings (SSSR count). The lowest BCUT2D eigenvalue weighted by atomic mass is 10.0. The molecule has 0 radical (unpaired) electrons. The summed E-state index contributed by atoms with van der Waals surface area (Å²) in [7, 11) is 0. The molecule has 2 aromatic rings. The van der Waals surface area contributed by atoms with Crippen molar-refractivity contribution in [3.63, 3.8) is 0 Å². The molecule has 0 N–H and O–H groups in total. The fourth-order valence-corrected chi connectivity index (χ4v) is 1.70. The summed E-state index contributed by atoms with van der Waals surface area (Å²) in [5, 5.41) is 3.58. The van der Waals surface area contributed by atoms with Gasteiger partial charge in [0.05, 0.1) is 0 Å². The number of hydrogen-bond acceptors (Lipinski definition) is 1. The van der Waals surface area contributed by atoms with Crippen molar-refractivity contribution in [3.05, 3.63) is 64.5 Å². The van der Waals surface area contributed by atoms with Crippen LogP contribution in [-0.4, -0.2) is 0 Å². The lowest BCUT2D eigenvalue weighted by Crippen LogP contribution is -1.81. The molecule has 0 aliphatic carbocycles. The topological polar surface area (TPSA) is 48.8 Å². The van der Waals surface area contributed by atoms with Gasteiger partial charge in [0.2, 0.25) is 0 Å². The van der Waals surface area contributed by atoms with Crippen LogP contribution in [0, 0.1) is 6.92 Å². The first-order valence-corrected chi connectivity index (χ1v) is 5.02. The van der Waals surface area contributed by atoms with E-state index in [1.54, 1.807) is 0 Å². The molecule has 0 saturated heterocycles. The van der Waals surface area contributed by atoms with E-state index < -0.39 is 0 Å². The van der Waals surface area contributed by atoms with Crippen molar-refractivity contribution in [3.8, 4) is 11.1 Å². The molecule has 16 heavy (non-hydrogen) atoms. The quantitative estimate of drug-likeness (QED) is 0.394. The Labute approximate surface area is 94.0 Å². The minimum Gasteiger partial charge on any atom is -0.0622 e. The number of nitrogens with zero attached hydrogens (tertiary/aromatic N) is 3. The Morgan fingerprint density at radius 1 is 1.06 bits per heavy atom. The summed E-state index contributed by atoms with van der Waals surface area (Å²) in [5.41, 5.74) is 12.5. The molecule has 78 valence electrons.